The average molecular weight is 395 g/mol. The molecular weight excluding hydrogens is 364 g/mol. The van der Waals surface area contributed by atoms with E-state index in [0.29, 0.717) is 17.5 Å². The molecule has 2 saturated heterocycles. The first-order valence-corrected chi connectivity index (χ1v) is 10.5. The molecule has 4 rings (SSSR count). The number of rotatable bonds is 5. The number of nitrogens with zero attached hydrogens (tertiary/aromatic N) is 3. The van der Waals surface area contributed by atoms with Crippen molar-refractivity contribution in [3.8, 4) is 0 Å². The van der Waals surface area contributed by atoms with Crippen molar-refractivity contribution in [3.05, 3.63) is 59.8 Å². The highest BCUT2D eigenvalue weighted by atomic mass is 16.5. The molecule has 1 N–H and O–H groups in total. The topological polar surface area (TPSA) is 57.7 Å². The van der Waals surface area contributed by atoms with Crippen LogP contribution in [-0.2, 0) is 4.74 Å². The van der Waals surface area contributed by atoms with E-state index >= 15 is 0 Å². The lowest BCUT2D eigenvalue weighted by Gasteiger charge is -2.35. The zero-order valence-electron chi connectivity index (χ0n) is 17.1. The number of piperidine rings is 1. The van der Waals surface area contributed by atoms with E-state index in [1.54, 1.807) is 13.3 Å². The molecule has 29 heavy (non-hydrogen) atoms. The summed E-state index contributed by atoms with van der Waals surface area (Å²) >= 11 is 0. The minimum Gasteiger partial charge on any atom is -0.384 e. The predicted molar refractivity (Wildman–Crippen MR) is 114 cm³/mol. The molecule has 0 saturated carbocycles. The van der Waals surface area contributed by atoms with Gasteiger partial charge in [0.1, 0.15) is 5.82 Å². The summed E-state index contributed by atoms with van der Waals surface area (Å²) in [6, 6.07) is 14.7. The summed E-state index contributed by atoms with van der Waals surface area (Å²) in [4.78, 5) is 21.7. The molecule has 6 nitrogen and oxygen atoms in total. The maximum Gasteiger partial charge on any atom is 0.255 e. The van der Waals surface area contributed by atoms with Gasteiger partial charge in [0, 0.05) is 58.7 Å². The van der Waals surface area contributed by atoms with Crippen molar-refractivity contribution in [2.45, 2.75) is 18.9 Å². The van der Waals surface area contributed by atoms with Gasteiger partial charge in [-0.15, -0.1) is 0 Å². The van der Waals surface area contributed by atoms with Crippen molar-refractivity contribution in [2.24, 2.45) is 5.92 Å². The molecule has 0 bridgehead atoms. The molecule has 6 heteroatoms. The average Bonchev–Trinajstić information content (AvgIpc) is 2.80. The predicted octanol–water partition coefficient (Wildman–Crippen LogP) is 2.73. The highest BCUT2D eigenvalue weighted by Gasteiger charge is 2.25. The van der Waals surface area contributed by atoms with Crippen molar-refractivity contribution < 1.29 is 9.53 Å². The van der Waals surface area contributed by atoms with Crippen LogP contribution >= 0.6 is 0 Å². The summed E-state index contributed by atoms with van der Waals surface area (Å²) in [5, 5.41) is 3.58. The number of carbonyl (C=O) groups excluding carboxylic acids is 1. The molecule has 0 aliphatic carbocycles. The molecule has 1 atom stereocenters. The van der Waals surface area contributed by atoms with E-state index in [2.05, 4.69) is 39.5 Å². The number of carbonyl (C=O) groups is 1. The lowest BCUT2D eigenvalue weighted by atomic mass is 9.97. The Labute approximate surface area is 172 Å². The van der Waals surface area contributed by atoms with Crippen molar-refractivity contribution in [1.82, 2.24) is 15.2 Å². The number of amides is 1. The molecule has 2 aromatic rings. The van der Waals surface area contributed by atoms with E-state index in [1.165, 1.54) is 5.56 Å². The Balaban J connectivity index is 1.37. The minimum absolute atomic E-state index is 0.0855. The quantitative estimate of drug-likeness (QED) is 0.845. The monoisotopic (exact) mass is 394 g/mol. The molecule has 154 valence electrons. The zero-order valence-corrected chi connectivity index (χ0v) is 17.1. The summed E-state index contributed by atoms with van der Waals surface area (Å²) in [6.07, 6.45) is 3.75. The van der Waals surface area contributed by atoms with Crippen LogP contribution in [0.25, 0.3) is 0 Å². The molecule has 0 radical (unpaired) electrons. The maximum atomic E-state index is 12.8. The number of ether oxygens (including phenoxy) is 1. The first-order chi connectivity index (χ1) is 14.2. The minimum atomic E-state index is 0.0855. The van der Waals surface area contributed by atoms with E-state index in [0.717, 1.165) is 58.0 Å². The van der Waals surface area contributed by atoms with Gasteiger partial charge in [-0.3, -0.25) is 4.79 Å². The maximum absolute atomic E-state index is 12.8. The molecule has 2 fully saturated rings. The number of anilines is 1. The standard InChI is InChI=1S/C23H30N4O2/c1-29-17-18-9-12-26(13-10-18)23(28)20-7-8-22(25-15-20)27-14-11-24-21(16-27)19-5-3-2-4-6-19/h2-8,15,18,21,24H,9-14,16-17H2,1H3. The highest BCUT2D eigenvalue weighted by molar-refractivity contribution is 5.94. The Morgan fingerprint density at radius 1 is 1.14 bits per heavy atom. The number of aromatic nitrogens is 1. The van der Waals surface area contributed by atoms with Crippen LogP contribution in [0.15, 0.2) is 48.7 Å². The third-order valence-electron chi connectivity index (χ3n) is 6.00. The van der Waals surface area contributed by atoms with Gasteiger partial charge in [-0.25, -0.2) is 4.98 Å². The van der Waals surface area contributed by atoms with Crippen LogP contribution in [-0.4, -0.2) is 62.2 Å². The fraction of sp³-hybridized carbons (Fsp3) is 0.478. The fourth-order valence-electron chi connectivity index (χ4n) is 4.29. The van der Waals surface area contributed by atoms with Crippen LogP contribution in [0.1, 0.15) is 34.8 Å². The molecule has 0 spiro atoms. The normalized spacial score (nSPS) is 20.7. The Morgan fingerprint density at radius 2 is 1.93 bits per heavy atom. The summed E-state index contributed by atoms with van der Waals surface area (Å²) < 4.78 is 5.25. The number of likely N-dealkylation sites (tertiary alicyclic amines) is 1. The van der Waals surface area contributed by atoms with Crippen LogP contribution in [0.3, 0.4) is 0 Å². The van der Waals surface area contributed by atoms with Gasteiger partial charge in [-0.2, -0.15) is 0 Å². The van der Waals surface area contributed by atoms with Gasteiger partial charge in [0.2, 0.25) is 0 Å². The SMILES string of the molecule is COCC1CCN(C(=O)c2ccc(N3CCNC(c4ccccc4)C3)nc2)CC1. The van der Waals surface area contributed by atoms with Gasteiger partial charge in [0.15, 0.2) is 0 Å². The molecule has 2 aliphatic heterocycles. The van der Waals surface area contributed by atoms with Crippen LogP contribution in [0.5, 0.6) is 0 Å². The fourth-order valence-corrected chi connectivity index (χ4v) is 4.29. The van der Waals surface area contributed by atoms with E-state index < -0.39 is 0 Å². The van der Waals surface area contributed by atoms with Gasteiger partial charge in [0.05, 0.1) is 5.56 Å². The van der Waals surface area contributed by atoms with E-state index in [-0.39, 0.29) is 5.91 Å². The van der Waals surface area contributed by atoms with E-state index in [9.17, 15) is 4.79 Å². The second-order valence-electron chi connectivity index (χ2n) is 7.96. The Kier molecular flexibility index (Phi) is 6.42. The van der Waals surface area contributed by atoms with Gasteiger partial charge in [-0.05, 0) is 36.5 Å². The van der Waals surface area contributed by atoms with Gasteiger partial charge >= 0.3 is 0 Å². The number of piperazine rings is 1. The largest absolute Gasteiger partial charge is 0.384 e. The molecule has 1 unspecified atom stereocenters. The van der Waals surface area contributed by atoms with E-state index in [4.69, 9.17) is 4.74 Å². The third kappa shape index (κ3) is 4.77. The smallest absolute Gasteiger partial charge is 0.255 e. The number of methoxy groups -OCH3 is 1. The van der Waals surface area contributed by atoms with Gasteiger partial charge < -0.3 is 19.9 Å². The van der Waals surface area contributed by atoms with Crippen LogP contribution < -0.4 is 10.2 Å². The molecule has 1 aromatic heterocycles. The van der Waals surface area contributed by atoms with Crippen LogP contribution in [0, 0.1) is 5.92 Å². The lowest BCUT2D eigenvalue weighted by Crippen LogP contribution is -2.46. The van der Waals surface area contributed by atoms with Crippen molar-refractivity contribution in [2.75, 3.05) is 51.3 Å². The first kappa shape index (κ1) is 19.9. The van der Waals surface area contributed by atoms with Crippen molar-refractivity contribution in [3.63, 3.8) is 0 Å². The molecule has 1 amide bonds. The third-order valence-corrected chi connectivity index (χ3v) is 6.00. The number of nitrogens with one attached hydrogen (secondary N) is 1. The molecule has 1 aromatic carbocycles. The Hall–Kier alpha value is -2.44. The second kappa shape index (κ2) is 9.37. The molecular formula is C23H30N4O2. The van der Waals surface area contributed by atoms with Gasteiger partial charge in [-0.1, -0.05) is 30.3 Å². The van der Waals surface area contributed by atoms with E-state index in [1.807, 2.05) is 23.1 Å². The summed E-state index contributed by atoms with van der Waals surface area (Å²) in [7, 11) is 1.74. The van der Waals surface area contributed by atoms with Gasteiger partial charge in [0.25, 0.3) is 5.91 Å². The Bertz CT molecular complexity index is 788. The van der Waals surface area contributed by atoms with Crippen LogP contribution in [0.4, 0.5) is 5.82 Å². The van der Waals surface area contributed by atoms with Crippen molar-refractivity contribution in [1.29, 1.82) is 0 Å². The number of hydrogen-bond acceptors (Lipinski definition) is 5. The molecule has 2 aliphatic rings. The highest BCUT2D eigenvalue weighted by Crippen LogP contribution is 2.23. The van der Waals surface area contributed by atoms with Crippen LogP contribution in [0.2, 0.25) is 0 Å². The summed E-state index contributed by atoms with van der Waals surface area (Å²) in [5.74, 6) is 1.58. The Morgan fingerprint density at radius 3 is 2.62 bits per heavy atom. The first-order valence-electron chi connectivity index (χ1n) is 10.5. The lowest BCUT2D eigenvalue weighted by molar-refractivity contribution is 0.0613. The molecule has 3 heterocycles. The second-order valence-corrected chi connectivity index (χ2v) is 7.96. The number of hydrogen-bond donors (Lipinski definition) is 1. The zero-order chi connectivity index (χ0) is 20.1. The van der Waals surface area contributed by atoms with Crippen molar-refractivity contribution >= 4 is 11.7 Å². The summed E-state index contributed by atoms with van der Waals surface area (Å²) in [6.45, 7) is 5.08. The summed E-state index contributed by atoms with van der Waals surface area (Å²) in [5.41, 5.74) is 1.97. The number of pyridine rings is 1. The number of benzene rings is 1.